The molecule has 1 aromatic carbocycles. The van der Waals surface area contributed by atoms with Crippen LogP contribution in [0.4, 0.5) is 33.5 Å². The molecular weight excluding hydrogens is 615 g/mol. The molecule has 2 saturated carbocycles. The minimum absolute atomic E-state index is 0.0810. The average Bonchev–Trinajstić information content (AvgIpc) is 3.85. The first-order valence-corrected chi connectivity index (χ1v) is 15.8. The first kappa shape index (κ1) is 29.2. The quantitative estimate of drug-likeness (QED) is 0.182. The number of benzene rings is 1. The summed E-state index contributed by atoms with van der Waals surface area (Å²) in [4.78, 5) is 17.5. The van der Waals surface area contributed by atoms with Gasteiger partial charge in [0.2, 0.25) is 0 Å². The minimum atomic E-state index is -4.91. The number of fused-ring (bicyclic) bond motifs is 4. The number of anilines is 2. The SMILES string of the molecule is C=C1CN2CCC3(CC3)[C@@]2(COc2nc(N3CCCC[C@H]4[C@H](F)[C@H]43)c3cnc(-c4cc(N)cc(Cl)c4C(F)(F)F)c(F)c3n2)C1. The summed E-state index contributed by atoms with van der Waals surface area (Å²) < 4.78 is 80.3. The lowest BCUT2D eigenvalue weighted by atomic mass is 9.80. The van der Waals surface area contributed by atoms with E-state index in [2.05, 4.69) is 21.4 Å². The van der Waals surface area contributed by atoms with Crippen LogP contribution in [0.2, 0.25) is 5.02 Å². The van der Waals surface area contributed by atoms with Crippen molar-refractivity contribution in [2.24, 2.45) is 11.3 Å². The monoisotopic (exact) mass is 646 g/mol. The Morgan fingerprint density at radius 2 is 1.93 bits per heavy atom. The number of rotatable bonds is 5. The van der Waals surface area contributed by atoms with Crippen LogP contribution in [0.25, 0.3) is 22.2 Å². The molecular formula is C32H32ClF5N6O. The van der Waals surface area contributed by atoms with E-state index >= 15 is 4.39 Å². The summed E-state index contributed by atoms with van der Waals surface area (Å²) in [5, 5.41) is -0.502. The molecule has 13 heteroatoms. The Labute approximate surface area is 261 Å². The third-order valence-electron chi connectivity index (χ3n) is 10.8. The van der Waals surface area contributed by atoms with Gasteiger partial charge in [-0.05, 0) is 62.6 Å². The molecule has 0 bridgehead atoms. The maximum absolute atomic E-state index is 16.5. The van der Waals surface area contributed by atoms with Gasteiger partial charge in [0.15, 0.2) is 5.82 Å². The molecule has 5 fully saturated rings. The van der Waals surface area contributed by atoms with Gasteiger partial charge in [-0.2, -0.15) is 23.1 Å². The van der Waals surface area contributed by atoms with Gasteiger partial charge in [-0.3, -0.25) is 9.88 Å². The van der Waals surface area contributed by atoms with E-state index in [-0.39, 0.29) is 51.9 Å². The number of halogens is 6. The fourth-order valence-corrected chi connectivity index (χ4v) is 8.78. The molecule has 2 aromatic heterocycles. The van der Waals surface area contributed by atoms with Crippen LogP contribution in [-0.4, -0.2) is 63.8 Å². The van der Waals surface area contributed by atoms with E-state index in [9.17, 15) is 17.6 Å². The number of hydrogen-bond acceptors (Lipinski definition) is 7. The van der Waals surface area contributed by atoms with Gasteiger partial charge < -0.3 is 15.4 Å². The van der Waals surface area contributed by atoms with Crippen LogP contribution < -0.4 is 15.4 Å². The maximum Gasteiger partial charge on any atom is 0.418 e. The molecule has 3 saturated heterocycles. The van der Waals surface area contributed by atoms with E-state index < -0.39 is 46.1 Å². The summed E-state index contributed by atoms with van der Waals surface area (Å²) >= 11 is 5.98. The highest BCUT2D eigenvalue weighted by Gasteiger charge is 2.67. The molecule has 1 spiro atoms. The second kappa shape index (κ2) is 9.87. The van der Waals surface area contributed by atoms with E-state index in [1.54, 1.807) is 0 Å². The molecule has 3 aliphatic heterocycles. The Morgan fingerprint density at radius 1 is 1.13 bits per heavy atom. The fourth-order valence-electron chi connectivity index (χ4n) is 8.45. The Hall–Kier alpha value is -3.25. The van der Waals surface area contributed by atoms with E-state index in [0.29, 0.717) is 6.54 Å². The first-order valence-electron chi connectivity index (χ1n) is 15.4. The van der Waals surface area contributed by atoms with Crippen molar-refractivity contribution in [2.45, 2.75) is 68.9 Å². The summed E-state index contributed by atoms with van der Waals surface area (Å²) in [5.74, 6) is -0.988. The summed E-state index contributed by atoms with van der Waals surface area (Å²) in [6.07, 6.45) is 1.70. The van der Waals surface area contributed by atoms with Crippen molar-refractivity contribution in [3.05, 3.63) is 46.9 Å². The van der Waals surface area contributed by atoms with Gasteiger partial charge in [0.05, 0.1) is 27.6 Å². The summed E-state index contributed by atoms with van der Waals surface area (Å²) in [6.45, 7) is 6.71. The summed E-state index contributed by atoms with van der Waals surface area (Å²) in [5.41, 5.74) is 4.04. The second-order valence-electron chi connectivity index (χ2n) is 13.4. The van der Waals surface area contributed by atoms with E-state index in [1.807, 2.05) is 4.90 Å². The van der Waals surface area contributed by atoms with Crippen molar-refractivity contribution in [3.63, 3.8) is 0 Å². The molecule has 238 valence electrons. The molecule has 4 atom stereocenters. The van der Waals surface area contributed by atoms with E-state index in [4.69, 9.17) is 27.1 Å². The van der Waals surface area contributed by atoms with Gasteiger partial charge in [-0.25, -0.2) is 8.78 Å². The molecule has 5 aliphatic rings. The smallest absolute Gasteiger partial charge is 0.418 e. The Bertz CT molecular complexity index is 1750. The van der Waals surface area contributed by atoms with Crippen LogP contribution in [0.3, 0.4) is 0 Å². The largest absolute Gasteiger partial charge is 0.461 e. The fraction of sp³-hybridized carbons (Fsp3) is 0.531. The zero-order chi connectivity index (χ0) is 31.5. The number of hydrogen-bond donors (Lipinski definition) is 1. The average molecular weight is 647 g/mol. The number of nitrogens with two attached hydrogens (primary N) is 1. The zero-order valence-corrected chi connectivity index (χ0v) is 25.2. The Balaban J connectivity index is 1.27. The predicted octanol–water partition coefficient (Wildman–Crippen LogP) is 6.98. The molecule has 2 N–H and O–H groups in total. The highest BCUT2D eigenvalue weighted by atomic mass is 35.5. The molecule has 3 aromatic rings. The van der Waals surface area contributed by atoms with Gasteiger partial charge >= 0.3 is 12.2 Å². The van der Waals surface area contributed by atoms with Gasteiger partial charge in [0.1, 0.15) is 29.8 Å². The van der Waals surface area contributed by atoms with Gasteiger partial charge in [0, 0.05) is 36.5 Å². The highest BCUT2D eigenvalue weighted by Crippen LogP contribution is 2.66. The van der Waals surface area contributed by atoms with Crippen molar-refractivity contribution in [1.82, 2.24) is 19.9 Å². The van der Waals surface area contributed by atoms with Crippen LogP contribution in [-0.2, 0) is 6.18 Å². The molecule has 8 rings (SSSR count). The van der Waals surface area contributed by atoms with Crippen molar-refractivity contribution in [1.29, 1.82) is 0 Å². The van der Waals surface area contributed by atoms with Gasteiger partial charge in [-0.1, -0.05) is 30.2 Å². The number of aromatic nitrogens is 3. The summed E-state index contributed by atoms with van der Waals surface area (Å²) in [6, 6.07) is 1.43. The van der Waals surface area contributed by atoms with Crippen LogP contribution in [0, 0.1) is 17.2 Å². The van der Waals surface area contributed by atoms with Crippen molar-refractivity contribution in [3.8, 4) is 17.3 Å². The third kappa shape index (κ3) is 4.41. The Kier molecular flexibility index (Phi) is 6.40. The normalized spacial score (nSPS) is 28.8. The lowest BCUT2D eigenvalue weighted by Gasteiger charge is -2.37. The zero-order valence-electron chi connectivity index (χ0n) is 24.4. The molecule has 0 radical (unpaired) electrons. The van der Waals surface area contributed by atoms with Crippen molar-refractivity contribution in [2.75, 3.05) is 36.9 Å². The topological polar surface area (TPSA) is 80.4 Å². The lowest BCUT2D eigenvalue weighted by molar-refractivity contribution is -0.137. The summed E-state index contributed by atoms with van der Waals surface area (Å²) in [7, 11) is 0. The van der Waals surface area contributed by atoms with Crippen LogP contribution in [0.1, 0.15) is 50.5 Å². The molecule has 45 heavy (non-hydrogen) atoms. The van der Waals surface area contributed by atoms with Crippen LogP contribution in [0.15, 0.2) is 30.5 Å². The highest BCUT2D eigenvalue weighted by molar-refractivity contribution is 6.32. The number of pyridine rings is 1. The minimum Gasteiger partial charge on any atom is -0.461 e. The van der Waals surface area contributed by atoms with E-state index in [0.717, 1.165) is 75.7 Å². The Morgan fingerprint density at radius 3 is 2.69 bits per heavy atom. The molecule has 7 nitrogen and oxygen atoms in total. The number of alkyl halides is 4. The lowest BCUT2D eigenvalue weighted by Crippen LogP contribution is -2.49. The molecule has 5 heterocycles. The number of nitrogen functional groups attached to an aromatic ring is 1. The number of ether oxygens (including phenoxy) is 1. The molecule has 2 aliphatic carbocycles. The van der Waals surface area contributed by atoms with Crippen LogP contribution in [0.5, 0.6) is 6.01 Å². The van der Waals surface area contributed by atoms with Crippen molar-refractivity contribution >= 4 is 34.0 Å². The molecule has 0 unspecified atom stereocenters. The van der Waals surface area contributed by atoms with Gasteiger partial charge in [-0.15, -0.1) is 0 Å². The third-order valence-corrected chi connectivity index (χ3v) is 11.1. The van der Waals surface area contributed by atoms with E-state index in [1.165, 1.54) is 6.20 Å². The number of nitrogens with zero attached hydrogens (tertiary/aromatic N) is 5. The first-order chi connectivity index (χ1) is 21.4. The van der Waals surface area contributed by atoms with Crippen molar-refractivity contribution < 1.29 is 26.7 Å². The predicted molar refractivity (Wildman–Crippen MR) is 160 cm³/mol. The maximum atomic E-state index is 16.5. The standard InChI is InChI=1S/C32H32ClF5N6O/c1-16-12-31(30(5-6-30)7-9-43(31)14-16)15-45-29-41-26-20(28(42-29)44-8-3-2-4-18-23(34)27(18)44)13-40-25(24(26)35)19-10-17(39)11-21(33)22(19)32(36,37)38/h10-11,13,18,23,27H,1-9,12,14-15,39H2/t18-,23-,27-,31-/m0/s1. The van der Waals surface area contributed by atoms with Gasteiger partial charge in [0.25, 0.3) is 0 Å². The molecule has 0 amide bonds. The second-order valence-corrected chi connectivity index (χ2v) is 13.8. The van der Waals surface area contributed by atoms with Crippen LogP contribution >= 0.6 is 11.6 Å².